The van der Waals surface area contributed by atoms with E-state index in [4.69, 9.17) is 4.42 Å². The summed E-state index contributed by atoms with van der Waals surface area (Å²) in [7, 11) is 0. The van der Waals surface area contributed by atoms with Crippen LogP contribution in [0.25, 0.3) is 10.9 Å². The first kappa shape index (κ1) is 18.2. The van der Waals surface area contributed by atoms with Crippen molar-refractivity contribution in [3.8, 4) is 0 Å². The summed E-state index contributed by atoms with van der Waals surface area (Å²) in [6, 6.07) is 18.2. The van der Waals surface area contributed by atoms with E-state index >= 15 is 0 Å². The smallest absolute Gasteiger partial charge is 0.277 e. The Bertz CT molecular complexity index is 1160. The van der Waals surface area contributed by atoms with Gasteiger partial charge in [-0.25, -0.2) is 0 Å². The van der Waals surface area contributed by atoms with E-state index in [0.717, 1.165) is 30.3 Å². The van der Waals surface area contributed by atoms with E-state index in [1.807, 2.05) is 53.1 Å². The van der Waals surface area contributed by atoms with Crippen molar-refractivity contribution in [1.82, 2.24) is 14.8 Å². The van der Waals surface area contributed by atoms with Gasteiger partial charge in [-0.15, -0.1) is 10.2 Å². The molecule has 0 bridgehead atoms. The van der Waals surface area contributed by atoms with Gasteiger partial charge in [-0.3, -0.25) is 9.36 Å². The summed E-state index contributed by atoms with van der Waals surface area (Å²) in [6.07, 6.45) is 4.93. The van der Waals surface area contributed by atoms with Gasteiger partial charge >= 0.3 is 0 Å². The average Bonchev–Trinajstić information content (AvgIpc) is 3.35. The molecule has 1 aliphatic carbocycles. The molecular weight excluding hydrogens is 382 g/mol. The molecule has 0 saturated heterocycles. The maximum atomic E-state index is 13.1. The Kier molecular flexibility index (Phi) is 4.94. The first-order valence-corrected chi connectivity index (χ1v) is 10.9. The molecule has 29 heavy (non-hydrogen) atoms. The Morgan fingerprint density at radius 3 is 2.69 bits per heavy atom. The van der Waals surface area contributed by atoms with Crippen LogP contribution in [0, 0.1) is 0 Å². The van der Waals surface area contributed by atoms with Crippen LogP contribution in [0.4, 0.5) is 0 Å². The predicted octanol–water partition coefficient (Wildman–Crippen LogP) is 4.93. The Balaban J connectivity index is 1.33. The Hall–Kier alpha value is -2.86. The second kappa shape index (κ2) is 7.87. The fourth-order valence-electron chi connectivity index (χ4n) is 4.11. The van der Waals surface area contributed by atoms with Crippen molar-refractivity contribution in [2.75, 3.05) is 5.75 Å². The van der Waals surface area contributed by atoms with Gasteiger partial charge in [-0.05, 0) is 42.9 Å². The Morgan fingerprint density at radius 2 is 1.79 bits per heavy atom. The van der Waals surface area contributed by atoms with Crippen molar-refractivity contribution in [2.24, 2.45) is 0 Å². The largest absolute Gasteiger partial charge is 0.416 e. The van der Waals surface area contributed by atoms with Crippen LogP contribution in [-0.2, 0) is 19.3 Å². The monoisotopic (exact) mass is 403 g/mol. The highest BCUT2D eigenvalue weighted by Crippen LogP contribution is 2.32. The lowest BCUT2D eigenvalue weighted by molar-refractivity contribution is 0.0943. The molecule has 4 aromatic rings. The number of carbonyl (C=O) groups excluding carboxylic acids is 1. The van der Waals surface area contributed by atoms with Crippen LogP contribution in [0.5, 0.6) is 0 Å². The zero-order valence-corrected chi connectivity index (χ0v) is 16.8. The molecule has 0 radical (unpaired) electrons. The molecule has 5 nitrogen and oxygen atoms in total. The number of rotatable bonds is 5. The second-order valence-electron chi connectivity index (χ2n) is 7.29. The van der Waals surface area contributed by atoms with Crippen LogP contribution >= 0.6 is 11.8 Å². The number of hydrogen-bond acceptors (Lipinski definition) is 5. The third kappa shape index (κ3) is 3.60. The van der Waals surface area contributed by atoms with Crippen LogP contribution in [0.2, 0.25) is 0 Å². The summed E-state index contributed by atoms with van der Waals surface area (Å²) in [6.45, 7) is 0. The number of hydrogen-bond donors (Lipinski definition) is 0. The lowest BCUT2D eigenvalue weighted by Crippen LogP contribution is -2.18. The minimum atomic E-state index is 0.0668. The Morgan fingerprint density at radius 1 is 1.00 bits per heavy atom. The molecule has 2 heterocycles. The molecule has 146 valence electrons. The lowest BCUT2D eigenvalue weighted by atomic mass is 9.96. The summed E-state index contributed by atoms with van der Waals surface area (Å²) in [5.41, 5.74) is 4.65. The average molecular weight is 404 g/mol. The Labute approximate surface area is 173 Å². The van der Waals surface area contributed by atoms with Gasteiger partial charge in [0.25, 0.3) is 5.22 Å². The van der Waals surface area contributed by atoms with E-state index in [1.54, 1.807) is 0 Å². The molecule has 6 heteroatoms. The van der Waals surface area contributed by atoms with E-state index in [1.165, 1.54) is 34.8 Å². The van der Waals surface area contributed by atoms with Gasteiger partial charge in [0.05, 0.1) is 17.7 Å². The van der Waals surface area contributed by atoms with Crippen LogP contribution in [0.1, 0.15) is 40.3 Å². The maximum absolute atomic E-state index is 13.1. The van der Waals surface area contributed by atoms with Gasteiger partial charge in [0.2, 0.25) is 11.8 Å². The van der Waals surface area contributed by atoms with E-state index in [-0.39, 0.29) is 11.7 Å². The van der Waals surface area contributed by atoms with Gasteiger partial charge in [0.1, 0.15) is 0 Å². The molecule has 2 aromatic heterocycles. The molecule has 0 aliphatic heterocycles. The highest BCUT2D eigenvalue weighted by Gasteiger charge is 2.23. The van der Waals surface area contributed by atoms with Crippen LogP contribution in [0.15, 0.2) is 64.2 Å². The van der Waals surface area contributed by atoms with Crippen molar-refractivity contribution in [3.05, 3.63) is 77.3 Å². The predicted molar refractivity (Wildman–Crippen MR) is 113 cm³/mol. The molecule has 0 N–H and O–H groups in total. The third-order valence-corrected chi connectivity index (χ3v) is 6.20. The van der Waals surface area contributed by atoms with Gasteiger partial charge in [-0.1, -0.05) is 60.3 Å². The molecule has 0 fully saturated rings. The normalized spacial score (nSPS) is 13.5. The number of aromatic nitrogens is 3. The second-order valence-corrected chi connectivity index (χ2v) is 8.22. The number of aryl methyl sites for hydroxylation is 1. The minimum absolute atomic E-state index is 0.0668. The number of para-hydroxylation sites is 1. The van der Waals surface area contributed by atoms with Crippen molar-refractivity contribution in [3.63, 3.8) is 0 Å². The van der Waals surface area contributed by atoms with E-state index in [9.17, 15) is 4.79 Å². The van der Waals surface area contributed by atoms with Crippen LogP contribution < -0.4 is 0 Å². The minimum Gasteiger partial charge on any atom is -0.416 e. The highest BCUT2D eigenvalue weighted by atomic mass is 32.2. The number of thioether (sulfide) groups is 1. The van der Waals surface area contributed by atoms with Crippen molar-refractivity contribution < 1.29 is 9.21 Å². The van der Waals surface area contributed by atoms with E-state index in [0.29, 0.717) is 17.5 Å². The first-order valence-electron chi connectivity index (χ1n) is 9.93. The number of nitrogens with zero attached hydrogens (tertiary/aromatic N) is 3. The van der Waals surface area contributed by atoms with Gasteiger partial charge in [0.15, 0.2) is 0 Å². The molecule has 0 atom stereocenters. The molecule has 0 unspecified atom stereocenters. The van der Waals surface area contributed by atoms with Crippen LogP contribution in [-0.4, -0.2) is 26.4 Å². The fraction of sp³-hybridized carbons (Fsp3) is 0.261. The standard InChI is InChI=1S/C23H21N3O2S/c27-22(15-29-23-25-24-21(28-23)14-16-8-2-1-3-9-16)26-19-12-6-4-10-17(19)18-11-5-7-13-20(18)26/h1-4,6,8-10,12H,5,7,11,13-15H2. The van der Waals surface area contributed by atoms with Crippen LogP contribution in [0.3, 0.4) is 0 Å². The molecule has 0 saturated carbocycles. The molecule has 0 spiro atoms. The summed E-state index contributed by atoms with van der Waals surface area (Å²) >= 11 is 1.31. The molecule has 0 amide bonds. The SMILES string of the molecule is O=C(CSc1nnc(Cc2ccccc2)o1)n1c2c(c3ccccc31)CCCC2. The summed E-state index contributed by atoms with van der Waals surface area (Å²) in [4.78, 5) is 13.1. The number of carbonyl (C=O) groups is 1. The third-order valence-electron chi connectivity index (χ3n) is 5.39. The van der Waals surface area contributed by atoms with Gasteiger partial charge in [-0.2, -0.15) is 0 Å². The highest BCUT2D eigenvalue weighted by molar-refractivity contribution is 7.99. The van der Waals surface area contributed by atoms with E-state index in [2.05, 4.69) is 16.3 Å². The van der Waals surface area contributed by atoms with Crippen molar-refractivity contribution in [1.29, 1.82) is 0 Å². The summed E-state index contributed by atoms with van der Waals surface area (Å²) in [5.74, 6) is 0.907. The number of benzene rings is 2. The summed E-state index contributed by atoms with van der Waals surface area (Å²) in [5, 5.41) is 9.87. The van der Waals surface area contributed by atoms with E-state index < -0.39 is 0 Å². The topological polar surface area (TPSA) is 60.9 Å². The molecular formula is C23H21N3O2S. The fourth-order valence-corrected chi connectivity index (χ4v) is 4.74. The zero-order valence-electron chi connectivity index (χ0n) is 16.0. The molecule has 1 aliphatic rings. The quantitative estimate of drug-likeness (QED) is 0.442. The van der Waals surface area contributed by atoms with Crippen molar-refractivity contribution >= 4 is 28.6 Å². The number of fused-ring (bicyclic) bond motifs is 3. The zero-order chi connectivity index (χ0) is 19.6. The maximum Gasteiger partial charge on any atom is 0.277 e. The molecule has 5 rings (SSSR count). The molecule has 2 aromatic carbocycles. The summed E-state index contributed by atoms with van der Waals surface area (Å²) < 4.78 is 7.65. The van der Waals surface area contributed by atoms with Gasteiger partial charge < -0.3 is 4.42 Å². The van der Waals surface area contributed by atoms with Gasteiger partial charge in [0, 0.05) is 11.1 Å². The van der Waals surface area contributed by atoms with Crippen molar-refractivity contribution in [2.45, 2.75) is 37.3 Å². The lowest BCUT2D eigenvalue weighted by Gasteiger charge is -2.14. The first-order chi connectivity index (χ1) is 14.3.